The van der Waals surface area contributed by atoms with Gasteiger partial charge in [0.2, 0.25) is 0 Å². The number of rotatable bonds is 5. The largest absolute Gasteiger partial charge is 0.313 e. The second-order valence-electron chi connectivity index (χ2n) is 4.19. The summed E-state index contributed by atoms with van der Waals surface area (Å²) in [5.41, 5.74) is 1.52. The molecule has 84 valence electrons. The van der Waals surface area contributed by atoms with Crippen LogP contribution in [0.1, 0.15) is 18.9 Å². The van der Waals surface area contributed by atoms with Crippen molar-refractivity contribution in [2.75, 3.05) is 18.1 Å². The van der Waals surface area contributed by atoms with E-state index in [1.165, 1.54) is 36.5 Å². The Kier molecular flexibility index (Phi) is 4.54. The van der Waals surface area contributed by atoms with Gasteiger partial charge < -0.3 is 5.32 Å². The van der Waals surface area contributed by atoms with Gasteiger partial charge in [-0.15, -0.1) is 0 Å². The van der Waals surface area contributed by atoms with Gasteiger partial charge in [-0.05, 0) is 53.4 Å². The molecule has 1 aliphatic rings. The lowest BCUT2D eigenvalue weighted by Gasteiger charge is -2.19. The molecule has 2 atom stereocenters. The molecule has 1 nitrogen and oxygen atoms in total. The molecular formula is C12H19NS2. The number of hydrogen-bond donors (Lipinski definition) is 1. The first-order chi connectivity index (χ1) is 7.40. The van der Waals surface area contributed by atoms with E-state index in [1.54, 1.807) is 0 Å². The fourth-order valence-corrected chi connectivity index (χ4v) is 4.18. The van der Waals surface area contributed by atoms with Crippen molar-refractivity contribution in [1.29, 1.82) is 0 Å². The molecule has 0 bridgehead atoms. The van der Waals surface area contributed by atoms with Crippen molar-refractivity contribution < 1.29 is 0 Å². The molecule has 2 rings (SSSR count). The number of nitrogens with one attached hydrogen (secondary N) is 1. The quantitative estimate of drug-likeness (QED) is 0.850. The summed E-state index contributed by atoms with van der Waals surface area (Å²) in [6, 6.07) is 3.01. The van der Waals surface area contributed by atoms with E-state index in [1.807, 2.05) is 11.3 Å². The summed E-state index contributed by atoms with van der Waals surface area (Å²) in [5.74, 6) is 3.47. The Morgan fingerprint density at radius 3 is 3.13 bits per heavy atom. The van der Waals surface area contributed by atoms with Crippen LogP contribution in [0.15, 0.2) is 16.8 Å². The second-order valence-corrected chi connectivity index (χ2v) is 6.05. The highest BCUT2D eigenvalue weighted by atomic mass is 32.2. The van der Waals surface area contributed by atoms with Crippen molar-refractivity contribution in [2.45, 2.75) is 25.8 Å². The smallest absolute Gasteiger partial charge is 0.0197 e. The summed E-state index contributed by atoms with van der Waals surface area (Å²) in [6.45, 7) is 3.41. The second kappa shape index (κ2) is 5.92. The fraction of sp³-hybridized carbons (Fsp3) is 0.667. The van der Waals surface area contributed by atoms with E-state index < -0.39 is 0 Å². The van der Waals surface area contributed by atoms with E-state index in [-0.39, 0.29) is 0 Å². The van der Waals surface area contributed by atoms with Crippen LogP contribution in [-0.2, 0) is 6.42 Å². The Bertz CT molecular complexity index is 271. The Morgan fingerprint density at radius 1 is 1.47 bits per heavy atom. The summed E-state index contributed by atoms with van der Waals surface area (Å²) >= 11 is 3.92. The highest BCUT2D eigenvalue weighted by Crippen LogP contribution is 2.27. The van der Waals surface area contributed by atoms with Gasteiger partial charge in [0.05, 0.1) is 0 Å². The molecule has 1 saturated heterocycles. The van der Waals surface area contributed by atoms with Crippen LogP contribution < -0.4 is 5.32 Å². The number of hydrogen-bond acceptors (Lipinski definition) is 3. The highest BCUT2D eigenvalue weighted by Gasteiger charge is 2.27. The minimum atomic E-state index is 0.745. The van der Waals surface area contributed by atoms with Gasteiger partial charge in [0.25, 0.3) is 0 Å². The standard InChI is InChI=1S/C12H19NS2/c1-2-4-13-12-9-15-8-11(12)6-10-3-5-14-7-10/h3,5,7,11-13H,2,4,6,8-9H2,1H3. The molecule has 0 amide bonds. The molecule has 1 aromatic heterocycles. The van der Waals surface area contributed by atoms with Crippen molar-refractivity contribution in [3.8, 4) is 0 Å². The zero-order valence-electron chi connectivity index (χ0n) is 9.24. The van der Waals surface area contributed by atoms with Crippen LogP contribution in [0.2, 0.25) is 0 Å². The van der Waals surface area contributed by atoms with Crippen molar-refractivity contribution in [3.63, 3.8) is 0 Å². The van der Waals surface area contributed by atoms with Gasteiger partial charge in [-0.3, -0.25) is 0 Å². The van der Waals surface area contributed by atoms with Crippen LogP contribution >= 0.6 is 23.1 Å². The van der Waals surface area contributed by atoms with Gasteiger partial charge in [0, 0.05) is 11.8 Å². The van der Waals surface area contributed by atoms with E-state index in [0.29, 0.717) is 0 Å². The van der Waals surface area contributed by atoms with Crippen molar-refractivity contribution in [1.82, 2.24) is 5.32 Å². The lowest BCUT2D eigenvalue weighted by Crippen LogP contribution is -2.36. The zero-order valence-corrected chi connectivity index (χ0v) is 10.9. The number of thioether (sulfide) groups is 1. The van der Waals surface area contributed by atoms with Gasteiger partial charge in [0.15, 0.2) is 0 Å². The van der Waals surface area contributed by atoms with E-state index in [4.69, 9.17) is 0 Å². The molecule has 3 heteroatoms. The van der Waals surface area contributed by atoms with Gasteiger partial charge in [-0.1, -0.05) is 6.92 Å². The molecule has 0 saturated carbocycles. The maximum absolute atomic E-state index is 3.68. The molecule has 2 unspecified atom stereocenters. The third kappa shape index (κ3) is 3.23. The Balaban J connectivity index is 1.85. The zero-order chi connectivity index (χ0) is 10.5. The van der Waals surface area contributed by atoms with Crippen LogP contribution in [0.25, 0.3) is 0 Å². The average Bonchev–Trinajstić information content (AvgIpc) is 2.87. The van der Waals surface area contributed by atoms with Crippen molar-refractivity contribution in [3.05, 3.63) is 22.4 Å². The third-order valence-electron chi connectivity index (χ3n) is 2.93. The minimum Gasteiger partial charge on any atom is -0.313 e. The first-order valence-electron chi connectivity index (χ1n) is 5.72. The van der Waals surface area contributed by atoms with Gasteiger partial charge in [-0.2, -0.15) is 23.1 Å². The Hall–Kier alpha value is 0.01000. The lowest BCUT2D eigenvalue weighted by molar-refractivity contribution is 0.425. The Morgan fingerprint density at radius 2 is 2.40 bits per heavy atom. The van der Waals surface area contributed by atoms with Crippen molar-refractivity contribution in [2.24, 2.45) is 5.92 Å². The Labute approximate surface area is 101 Å². The number of thiophene rings is 1. The monoisotopic (exact) mass is 241 g/mol. The maximum Gasteiger partial charge on any atom is 0.0197 e. The van der Waals surface area contributed by atoms with E-state index in [0.717, 1.165) is 12.0 Å². The fourth-order valence-electron chi connectivity index (χ4n) is 2.07. The van der Waals surface area contributed by atoms with Crippen LogP contribution in [0.5, 0.6) is 0 Å². The van der Waals surface area contributed by atoms with Crippen LogP contribution in [-0.4, -0.2) is 24.1 Å². The third-order valence-corrected chi connectivity index (χ3v) is 4.92. The highest BCUT2D eigenvalue weighted by molar-refractivity contribution is 7.99. The predicted molar refractivity (Wildman–Crippen MR) is 70.9 cm³/mol. The van der Waals surface area contributed by atoms with Gasteiger partial charge in [-0.25, -0.2) is 0 Å². The first kappa shape index (κ1) is 11.5. The SMILES string of the molecule is CCCNC1CSCC1Cc1ccsc1. The summed E-state index contributed by atoms with van der Waals surface area (Å²) in [6.07, 6.45) is 2.50. The van der Waals surface area contributed by atoms with E-state index in [9.17, 15) is 0 Å². The van der Waals surface area contributed by atoms with Gasteiger partial charge >= 0.3 is 0 Å². The topological polar surface area (TPSA) is 12.0 Å². The molecule has 0 spiro atoms. The minimum absolute atomic E-state index is 0.745. The maximum atomic E-state index is 3.68. The van der Waals surface area contributed by atoms with Crippen LogP contribution in [0.3, 0.4) is 0 Å². The average molecular weight is 241 g/mol. The van der Waals surface area contributed by atoms with E-state index >= 15 is 0 Å². The molecular weight excluding hydrogens is 222 g/mol. The summed E-state index contributed by atoms with van der Waals surface area (Å²) in [5, 5.41) is 8.15. The summed E-state index contributed by atoms with van der Waals surface area (Å²) in [7, 11) is 0. The molecule has 1 fully saturated rings. The van der Waals surface area contributed by atoms with Crippen LogP contribution in [0.4, 0.5) is 0 Å². The molecule has 0 radical (unpaired) electrons. The molecule has 15 heavy (non-hydrogen) atoms. The molecule has 2 heterocycles. The van der Waals surface area contributed by atoms with Crippen LogP contribution in [0, 0.1) is 5.92 Å². The summed E-state index contributed by atoms with van der Waals surface area (Å²) < 4.78 is 0. The summed E-state index contributed by atoms with van der Waals surface area (Å²) in [4.78, 5) is 0. The predicted octanol–water partition coefficient (Wildman–Crippen LogP) is 3.02. The lowest BCUT2D eigenvalue weighted by atomic mass is 9.96. The molecule has 0 aliphatic carbocycles. The van der Waals surface area contributed by atoms with Gasteiger partial charge in [0.1, 0.15) is 0 Å². The normalized spacial score (nSPS) is 25.9. The molecule has 1 aromatic rings. The van der Waals surface area contributed by atoms with E-state index in [2.05, 4.69) is 40.8 Å². The molecule has 0 aromatic carbocycles. The molecule has 1 aliphatic heterocycles. The first-order valence-corrected chi connectivity index (χ1v) is 7.82. The molecule has 1 N–H and O–H groups in total. The van der Waals surface area contributed by atoms with Crippen molar-refractivity contribution >= 4 is 23.1 Å².